The molecular formula is C12H14N6OS. The zero-order valence-electron chi connectivity index (χ0n) is 10.8. The topological polar surface area (TPSA) is 88.2 Å². The highest BCUT2D eigenvalue weighted by Gasteiger charge is 2.24. The van der Waals surface area contributed by atoms with Crippen molar-refractivity contribution in [3.63, 3.8) is 0 Å². The molecule has 104 valence electrons. The van der Waals surface area contributed by atoms with Gasteiger partial charge in [-0.25, -0.2) is 4.98 Å². The van der Waals surface area contributed by atoms with E-state index < -0.39 is 0 Å². The van der Waals surface area contributed by atoms with Crippen LogP contribution in [0.2, 0.25) is 0 Å². The summed E-state index contributed by atoms with van der Waals surface area (Å²) in [6, 6.07) is 3.65. The molecule has 1 aliphatic rings. The van der Waals surface area contributed by atoms with E-state index in [2.05, 4.69) is 19.5 Å². The number of nitrogens with two attached hydrogens (primary N) is 1. The molecule has 0 aromatic carbocycles. The van der Waals surface area contributed by atoms with Gasteiger partial charge in [0.2, 0.25) is 0 Å². The fourth-order valence-corrected chi connectivity index (χ4v) is 2.70. The first-order valence-electron chi connectivity index (χ1n) is 6.28. The molecule has 20 heavy (non-hydrogen) atoms. The molecule has 1 amide bonds. The average Bonchev–Trinajstić information content (AvgIpc) is 3.01. The normalized spacial score (nSPS) is 15.4. The number of aromatic nitrogens is 3. The van der Waals surface area contributed by atoms with Gasteiger partial charge in [-0.05, 0) is 23.7 Å². The number of carbonyl (C=O) groups excluding carboxylic acids is 1. The van der Waals surface area contributed by atoms with Crippen LogP contribution in [0.25, 0.3) is 0 Å². The fraction of sp³-hybridized carbons (Fsp3) is 0.333. The summed E-state index contributed by atoms with van der Waals surface area (Å²) in [7, 11) is 0. The largest absolute Gasteiger partial charge is 0.396 e. The maximum atomic E-state index is 12.2. The van der Waals surface area contributed by atoms with Crippen LogP contribution in [0.5, 0.6) is 0 Å². The highest BCUT2D eigenvalue weighted by molar-refractivity contribution is 7.07. The molecule has 0 radical (unpaired) electrons. The number of piperazine rings is 1. The van der Waals surface area contributed by atoms with E-state index in [0.29, 0.717) is 23.7 Å². The summed E-state index contributed by atoms with van der Waals surface area (Å²) in [5.74, 6) is 0.785. The summed E-state index contributed by atoms with van der Waals surface area (Å²) >= 11 is 1.13. The number of amides is 1. The molecule has 7 nitrogen and oxygen atoms in total. The first-order chi connectivity index (χ1) is 9.75. The number of carbonyl (C=O) groups is 1. The van der Waals surface area contributed by atoms with Gasteiger partial charge in [0.15, 0.2) is 5.82 Å². The second-order valence-corrected chi connectivity index (χ2v) is 5.26. The fourth-order valence-electron chi connectivity index (χ4n) is 2.21. The van der Waals surface area contributed by atoms with Crippen LogP contribution < -0.4 is 10.6 Å². The molecule has 0 spiro atoms. The van der Waals surface area contributed by atoms with Crippen LogP contribution in [0, 0.1) is 0 Å². The Morgan fingerprint density at radius 2 is 2.10 bits per heavy atom. The lowest BCUT2D eigenvalue weighted by Crippen LogP contribution is -2.49. The predicted octanol–water partition coefficient (Wildman–Crippen LogP) is 0.478. The Balaban J connectivity index is 1.65. The van der Waals surface area contributed by atoms with Gasteiger partial charge >= 0.3 is 0 Å². The van der Waals surface area contributed by atoms with Crippen molar-refractivity contribution in [2.45, 2.75) is 0 Å². The number of anilines is 2. The maximum absolute atomic E-state index is 12.2. The lowest BCUT2D eigenvalue weighted by Gasteiger charge is -2.35. The van der Waals surface area contributed by atoms with Crippen LogP contribution in [0.1, 0.15) is 9.67 Å². The smallest absolute Gasteiger partial charge is 0.267 e. The molecule has 2 aromatic rings. The molecule has 8 heteroatoms. The average molecular weight is 290 g/mol. The molecular weight excluding hydrogens is 276 g/mol. The second-order valence-electron chi connectivity index (χ2n) is 4.48. The van der Waals surface area contributed by atoms with Gasteiger partial charge < -0.3 is 15.5 Å². The van der Waals surface area contributed by atoms with Crippen LogP contribution in [-0.4, -0.2) is 51.6 Å². The Bertz CT molecular complexity index is 594. The molecule has 2 N–H and O–H groups in total. The van der Waals surface area contributed by atoms with E-state index in [4.69, 9.17) is 5.73 Å². The van der Waals surface area contributed by atoms with Crippen molar-refractivity contribution in [1.82, 2.24) is 19.5 Å². The molecule has 2 aromatic heterocycles. The van der Waals surface area contributed by atoms with Crippen molar-refractivity contribution < 1.29 is 4.79 Å². The third-order valence-corrected chi connectivity index (χ3v) is 3.91. The minimum absolute atomic E-state index is 0.00589. The number of hydrogen-bond acceptors (Lipinski definition) is 7. The Hall–Kier alpha value is -2.22. The van der Waals surface area contributed by atoms with E-state index in [0.717, 1.165) is 30.4 Å². The summed E-state index contributed by atoms with van der Waals surface area (Å²) in [6.45, 7) is 2.73. The molecule has 1 saturated heterocycles. The Morgan fingerprint density at radius 1 is 1.30 bits per heavy atom. The van der Waals surface area contributed by atoms with Gasteiger partial charge in [0, 0.05) is 32.4 Å². The lowest BCUT2D eigenvalue weighted by atomic mass is 10.2. The summed E-state index contributed by atoms with van der Waals surface area (Å²) in [4.78, 5) is 21.0. The van der Waals surface area contributed by atoms with Gasteiger partial charge in [-0.3, -0.25) is 4.79 Å². The van der Waals surface area contributed by atoms with Crippen LogP contribution in [0.15, 0.2) is 24.5 Å². The minimum atomic E-state index is -0.00589. The molecule has 1 aliphatic heterocycles. The molecule has 0 aliphatic carbocycles. The van der Waals surface area contributed by atoms with E-state index in [-0.39, 0.29) is 5.91 Å². The van der Waals surface area contributed by atoms with Gasteiger partial charge in [0.05, 0.1) is 11.9 Å². The van der Waals surface area contributed by atoms with Crippen molar-refractivity contribution in [3.05, 3.63) is 29.4 Å². The monoisotopic (exact) mass is 290 g/mol. The van der Waals surface area contributed by atoms with E-state index in [1.807, 2.05) is 17.0 Å². The molecule has 0 bridgehead atoms. The summed E-state index contributed by atoms with van der Waals surface area (Å²) in [5, 5.41) is 3.70. The van der Waals surface area contributed by atoms with Crippen LogP contribution in [-0.2, 0) is 0 Å². The number of hydrogen-bond donors (Lipinski definition) is 1. The van der Waals surface area contributed by atoms with E-state index >= 15 is 0 Å². The molecule has 3 rings (SSSR count). The number of pyridine rings is 1. The van der Waals surface area contributed by atoms with Gasteiger partial charge in [-0.2, -0.15) is 0 Å². The SMILES string of the molecule is Nc1cccnc1N1CCN(C(=O)c2cnns2)CC1. The highest BCUT2D eigenvalue weighted by Crippen LogP contribution is 2.21. The minimum Gasteiger partial charge on any atom is -0.396 e. The zero-order chi connectivity index (χ0) is 13.9. The molecule has 0 unspecified atom stereocenters. The lowest BCUT2D eigenvalue weighted by molar-refractivity contribution is 0.0751. The van der Waals surface area contributed by atoms with E-state index in [9.17, 15) is 4.79 Å². The summed E-state index contributed by atoms with van der Waals surface area (Å²) < 4.78 is 3.72. The second kappa shape index (κ2) is 5.41. The van der Waals surface area contributed by atoms with E-state index in [1.54, 1.807) is 6.20 Å². The first-order valence-corrected chi connectivity index (χ1v) is 7.05. The van der Waals surface area contributed by atoms with Gasteiger partial charge in [0.1, 0.15) is 4.88 Å². The quantitative estimate of drug-likeness (QED) is 0.865. The number of nitrogen functional groups attached to an aromatic ring is 1. The van der Waals surface area contributed by atoms with Crippen molar-refractivity contribution in [2.75, 3.05) is 36.8 Å². The van der Waals surface area contributed by atoms with Crippen molar-refractivity contribution >= 4 is 28.9 Å². The molecule has 1 fully saturated rings. The third kappa shape index (κ3) is 2.42. The maximum Gasteiger partial charge on any atom is 0.267 e. The van der Waals surface area contributed by atoms with Crippen molar-refractivity contribution in [1.29, 1.82) is 0 Å². The van der Waals surface area contributed by atoms with Crippen LogP contribution in [0.4, 0.5) is 11.5 Å². The third-order valence-electron chi connectivity index (χ3n) is 3.26. The highest BCUT2D eigenvalue weighted by atomic mass is 32.1. The zero-order valence-corrected chi connectivity index (χ0v) is 11.6. The number of rotatable bonds is 2. The Morgan fingerprint density at radius 3 is 2.75 bits per heavy atom. The van der Waals surface area contributed by atoms with Gasteiger partial charge in [0.25, 0.3) is 5.91 Å². The summed E-state index contributed by atoms with van der Waals surface area (Å²) in [5.41, 5.74) is 6.59. The van der Waals surface area contributed by atoms with Crippen LogP contribution >= 0.6 is 11.5 Å². The van der Waals surface area contributed by atoms with Gasteiger partial charge in [-0.15, -0.1) is 5.10 Å². The predicted molar refractivity (Wildman–Crippen MR) is 76.7 cm³/mol. The Labute approximate surface area is 120 Å². The van der Waals surface area contributed by atoms with Crippen molar-refractivity contribution in [2.24, 2.45) is 0 Å². The number of nitrogens with zero attached hydrogens (tertiary/aromatic N) is 5. The van der Waals surface area contributed by atoms with Crippen LogP contribution in [0.3, 0.4) is 0 Å². The molecule has 3 heterocycles. The standard InChI is InChI=1S/C12H14N6OS/c13-9-2-1-3-14-11(9)17-4-6-18(7-5-17)12(19)10-8-15-16-20-10/h1-3,8H,4-7,13H2. The first kappa shape index (κ1) is 12.8. The van der Waals surface area contributed by atoms with E-state index in [1.165, 1.54) is 6.20 Å². The van der Waals surface area contributed by atoms with Crippen molar-refractivity contribution in [3.8, 4) is 0 Å². The summed E-state index contributed by atoms with van der Waals surface area (Å²) in [6.07, 6.45) is 3.24. The van der Waals surface area contributed by atoms with Gasteiger partial charge in [-0.1, -0.05) is 4.49 Å². The molecule has 0 atom stereocenters. The molecule has 0 saturated carbocycles. The Kier molecular flexibility index (Phi) is 3.46.